The molecular weight excluding hydrogens is 280 g/mol. The van der Waals surface area contributed by atoms with E-state index in [-0.39, 0.29) is 0 Å². The Morgan fingerprint density at radius 3 is 2.76 bits per heavy atom. The Bertz CT molecular complexity index is 696. The van der Waals surface area contributed by atoms with Gasteiger partial charge in [0.2, 0.25) is 0 Å². The second kappa shape index (κ2) is 3.70. The Kier molecular flexibility index (Phi) is 2.29. The van der Waals surface area contributed by atoms with Crippen LogP contribution < -0.4 is 0 Å². The van der Waals surface area contributed by atoms with Gasteiger partial charge in [0.1, 0.15) is 5.69 Å². The molecule has 0 atom stereocenters. The van der Waals surface area contributed by atoms with Crippen molar-refractivity contribution in [1.82, 2.24) is 19.6 Å². The number of fused-ring (bicyclic) bond motifs is 1. The average Bonchev–Trinajstić information content (AvgIpc) is 2.83. The van der Waals surface area contributed by atoms with Crippen molar-refractivity contribution in [3.8, 4) is 11.3 Å². The topological polar surface area (TPSA) is 35.6 Å². The molecule has 3 aromatic rings. The van der Waals surface area contributed by atoms with Crippen molar-refractivity contribution < 1.29 is 0 Å². The Morgan fingerprint density at radius 2 is 2.06 bits per heavy atom. The van der Waals surface area contributed by atoms with Crippen LogP contribution in [0.15, 0.2) is 35.1 Å². The van der Waals surface area contributed by atoms with E-state index in [1.807, 2.05) is 37.2 Å². The van der Waals surface area contributed by atoms with Crippen molar-refractivity contribution in [2.75, 3.05) is 0 Å². The summed E-state index contributed by atoms with van der Waals surface area (Å²) >= 11 is 3.50. The monoisotopic (exact) mass is 290 g/mol. The van der Waals surface area contributed by atoms with Gasteiger partial charge in [-0.1, -0.05) is 15.9 Å². The second-order valence-corrected chi connectivity index (χ2v) is 4.95. The maximum absolute atomic E-state index is 4.56. The number of nitrogens with zero attached hydrogens (tertiary/aromatic N) is 4. The predicted octanol–water partition coefficient (Wildman–Crippen LogP) is 2.74. The van der Waals surface area contributed by atoms with Crippen LogP contribution in [0.3, 0.4) is 0 Å². The highest BCUT2D eigenvalue weighted by atomic mass is 79.9. The van der Waals surface area contributed by atoms with E-state index in [1.165, 1.54) is 0 Å². The summed E-state index contributed by atoms with van der Waals surface area (Å²) in [4.78, 5) is 0. The molecule has 0 spiro atoms. The molecule has 0 saturated carbocycles. The SMILES string of the molecule is Cn1cc(-c2nn(C)c3ccc(Br)cc23)cn1. The van der Waals surface area contributed by atoms with E-state index in [4.69, 9.17) is 0 Å². The van der Waals surface area contributed by atoms with Gasteiger partial charge in [-0.15, -0.1) is 0 Å². The molecule has 0 N–H and O–H groups in total. The third kappa shape index (κ3) is 1.67. The largest absolute Gasteiger partial charge is 0.275 e. The number of benzene rings is 1. The van der Waals surface area contributed by atoms with Crippen LogP contribution in [-0.4, -0.2) is 19.6 Å². The van der Waals surface area contributed by atoms with E-state index in [9.17, 15) is 0 Å². The number of hydrogen-bond acceptors (Lipinski definition) is 2. The molecule has 17 heavy (non-hydrogen) atoms. The van der Waals surface area contributed by atoms with E-state index < -0.39 is 0 Å². The van der Waals surface area contributed by atoms with Crippen molar-refractivity contribution >= 4 is 26.8 Å². The highest BCUT2D eigenvalue weighted by Gasteiger charge is 2.12. The molecule has 0 radical (unpaired) electrons. The summed E-state index contributed by atoms with van der Waals surface area (Å²) in [5.74, 6) is 0. The maximum Gasteiger partial charge on any atom is 0.103 e. The normalized spacial score (nSPS) is 11.2. The van der Waals surface area contributed by atoms with Gasteiger partial charge in [0.15, 0.2) is 0 Å². The van der Waals surface area contributed by atoms with Crippen LogP contribution in [0.1, 0.15) is 0 Å². The zero-order valence-electron chi connectivity index (χ0n) is 9.55. The number of hydrogen-bond donors (Lipinski definition) is 0. The van der Waals surface area contributed by atoms with Gasteiger partial charge in [0.05, 0.1) is 11.7 Å². The lowest BCUT2D eigenvalue weighted by atomic mass is 10.1. The number of aromatic nitrogens is 4. The van der Waals surface area contributed by atoms with Crippen LogP contribution >= 0.6 is 15.9 Å². The molecule has 5 heteroatoms. The van der Waals surface area contributed by atoms with Crippen LogP contribution in [0.4, 0.5) is 0 Å². The first-order chi connectivity index (χ1) is 8.15. The quantitative estimate of drug-likeness (QED) is 0.691. The van der Waals surface area contributed by atoms with Crippen molar-refractivity contribution in [2.45, 2.75) is 0 Å². The molecule has 0 amide bonds. The molecule has 4 nitrogen and oxygen atoms in total. The highest BCUT2D eigenvalue weighted by molar-refractivity contribution is 9.10. The Hall–Kier alpha value is -1.62. The fraction of sp³-hybridized carbons (Fsp3) is 0.167. The number of rotatable bonds is 1. The molecule has 0 saturated heterocycles. The van der Waals surface area contributed by atoms with E-state index in [1.54, 1.807) is 4.68 Å². The van der Waals surface area contributed by atoms with Crippen molar-refractivity contribution in [2.24, 2.45) is 14.1 Å². The van der Waals surface area contributed by atoms with Crippen LogP contribution in [-0.2, 0) is 14.1 Å². The van der Waals surface area contributed by atoms with Crippen molar-refractivity contribution in [3.05, 3.63) is 35.1 Å². The molecule has 0 aliphatic heterocycles. The molecule has 86 valence electrons. The fourth-order valence-corrected chi connectivity index (χ4v) is 2.36. The molecule has 0 aliphatic carbocycles. The minimum Gasteiger partial charge on any atom is -0.275 e. The van der Waals surface area contributed by atoms with Crippen molar-refractivity contribution in [3.63, 3.8) is 0 Å². The molecule has 0 unspecified atom stereocenters. The fourth-order valence-electron chi connectivity index (χ4n) is 1.99. The van der Waals surface area contributed by atoms with Gasteiger partial charge in [-0.05, 0) is 18.2 Å². The molecule has 2 aromatic heterocycles. The van der Waals surface area contributed by atoms with Crippen LogP contribution in [0, 0.1) is 0 Å². The summed E-state index contributed by atoms with van der Waals surface area (Å²) in [6, 6.07) is 6.17. The van der Waals surface area contributed by atoms with E-state index in [0.717, 1.165) is 26.6 Å². The molecule has 0 fully saturated rings. The highest BCUT2D eigenvalue weighted by Crippen LogP contribution is 2.29. The van der Waals surface area contributed by atoms with E-state index >= 15 is 0 Å². The van der Waals surface area contributed by atoms with Gasteiger partial charge in [-0.25, -0.2) is 0 Å². The summed E-state index contributed by atoms with van der Waals surface area (Å²) < 4.78 is 4.74. The molecule has 0 bridgehead atoms. The molecule has 1 aromatic carbocycles. The lowest BCUT2D eigenvalue weighted by molar-refractivity contribution is 0.767. The van der Waals surface area contributed by atoms with Crippen LogP contribution in [0.2, 0.25) is 0 Å². The first kappa shape index (κ1) is 10.5. The summed E-state index contributed by atoms with van der Waals surface area (Å²) in [5.41, 5.74) is 3.13. The van der Waals surface area contributed by atoms with Crippen molar-refractivity contribution in [1.29, 1.82) is 0 Å². The summed E-state index contributed by atoms with van der Waals surface area (Å²) in [7, 11) is 3.86. The maximum atomic E-state index is 4.56. The van der Waals surface area contributed by atoms with Crippen LogP contribution in [0.5, 0.6) is 0 Å². The Balaban J connectivity index is 2.33. The lowest BCUT2D eigenvalue weighted by Gasteiger charge is -1.94. The number of aryl methyl sites for hydroxylation is 2. The van der Waals surface area contributed by atoms with Gasteiger partial charge >= 0.3 is 0 Å². The smallest absolute Gasteiger partial charge is 0.103 e. The number of halogens is 1. The molecule has 3 rings (SSSR count). The van der Waals surface area contributed by atoms with Crippen LogP contribution in [0.25, 0.3) is 22.2 Å². The molecule has 0 aliphatic rings. The molecule has 2 heterocycles. The summed E-state index contributed by atoms with van der Waals surface area (Å²) in [5, 5.41) is 9.88. The third-order valence-electron chi connectivity index (χ3n) is 2.79. The first-order valence-corrected chi connectivity index (χ1v) is 6.06. The van der Waals surface area contributed by atoms with Gasteiger partial charge in [0.25, 0.3) is 0 Å². The minimum atomic E-state index is 0.969. The summed E-state index contributed by atoms with van der Waals surface area (Å²) in [6.45, 7) is 0. The third-order valence-corrected chi connectivity index (χ3v) is 3.28. The lowest BCUT2D eigenvalue weighted by Crippen LogP contribution is -1.89. The predicted molar refractivity (Wildman–Crippen MR) is 70.6 cm³/mol. The Morgan fingerprint density at radius 1 is 1.24 bits per heavy atom. The van der Waals surface area contributed by atoms with Gasteiger partial charge in [0, 0.05) is 35.7 Å². The zero-order chi connectivity index (χ0) is 12.0. The standard InChI is InChI=1S/C12H11BrN4/c1-16-7-8(6-14-16)12-10-5-9(13)3-4-11(10)17(2)15-12/h3-7H,1-2H3. The van der Waals surface area contributed by atoms with Gasteiger partial charge in [-0.2, -0.15) is 10.2 Å². The van der Waals surface area contributed by atoms with Gasteiger partial charge in [-0.3, -0.25) is 9.36 Å². The van der Waals surface area contributed by atoms with Gasteiger partial charge < -0.3 is 0 Å². The average molecular weight is 291 g/mol. The van der Waals surface area contributed by atoms with E-state index in [2.05, 4.69) is 38.3 Å². The second-order valence-electron chi connectivity index (χ2n) is 4.04. The van der Waals surface area contributed by atoms with E-state index in [0.29, 0.717) is 0 Å². The Labute approximate surface area is 107 Å². The first-order valence-electron chi connectivity index (χ1n) is 5.26. The summed E-state index contributed by atoms with van der Waals surface area (Å²) in [6.07, 6.45) is 3.81. The minimum absolute atomic E-state index is 0.969. The molecular formula is C12H11BrN4. The zero-order valence-corrected chi connectivity index (χ0v) is 11.1.